The molecule has 9 heteroatoms. The molecule has 1 heterocycles. The van der Waals surface area contributed by atoms with Crippen molar-refractivity contribution >= 4 is 10.0 Å². The van der Waals surface area contributed by atoms with Crippen molar-refractivity contribution in [2.24, 2.45) is 12.2 Å². The SMILES string of the molecule is Cn1c(C#N)ccc1-c1ccc(C(C(F)(F)F)S(N)(=O)=O)cc1. The van der Waals surface area contributed by atoms with Gasteiger partial charge in [-0.2, -0.15) is 18.4 Å². The molecule has 5 nitrogen and oxygen atoms in total. The second kappa shape index (κ2) is 5.72. The number of alkyl halides is 3. The summed E-state index contributed by atoms with van der Waals surface area (Å²) < 4.78 is 62.9. The zero-order chi connectivity index (χ0) is 17.4. The van der Waals surface area contributed by atoms with E-state index in [2.05, 4.69) is 0 Å². The number of hydrogen-bond donors (Lipinski definition) is 1. The fourth-order valence-electron chi connectivity index (χ4n) is 2.31. The number of hydrogen-bond acceptors (Lipinski definition) is 3. The Morgan fingerprint density at radius 3 is 2.13 bits per heavy atom. The Morgan fingerprint density at radius 2 is 1.74 bits per heavy atom. The average Bonchev–Trinajstić information content (AvgIpc) is 2.77. The van der Waals surface area contributed by atoms with E-state index in [1.807, 2.05) is 6.07 Å². The van der Waals surface area contributed by atoms with E-state index in [1.54, 1.807) is 23.7 Å². The van der Waals surface area contributed by atoms with Gasteiger partial charge in [-0.05, 0) is 23.3 Å². The van der Waals surface area contributed by atoms with Crippen LogP contribution in [0.4, 0.5) is 13.2 Å². The van der Waals surface area contributed by atoms with Gasteiger partial charge in [0.1, 0.15) is 11.8 Å². The molecule has 0 saturated carbocycles. The van der Waals surface area contributed by atoms with E-state index in [4.69, 9.17) is 10.4 Å². The lowest BCUT2D eigenvalue weighted by atomic mass is 10.1. The molecule has 0 amide bonds. The van der Waals surface area contributed by atoms with Crippen LogP contribution in [0.15, 0.2) is 36.4 Å². The highest BCUT2D eigenvalue weighted by atomic mass is 32.2. The lowest BCUT2D eigenvalue weighted by molar-refractivity contribution is -0.131. The van der Waals surface area contributed by atoms with Gasteiger partial charge in [-0.1, -0.05) is 24.3 Å². The van der Waals surface area contributed by atoms with E-state index in [0.717, 1.165) is 12.1 Å². The molecule has 2 aromatic rings. The monoisotopic (exact) mass is 343 g/mol. The zero-order valence-electron chi connectivity index (χ0n) is 11.9. The summed E-state index contributed by atoms with van der Waals surface area (Å²) in [6.45, 7) is 0. The van der Waals surface area contributed by atoms with Gasteiger partial charge in [0.25, 0.3) is 0 Å². The van der Waals surface area contributed by atoms with Crippen molar-refractivity contribution in [3.63, 3.8) is 0 Å². The van der Waals surface area contributed by atoms with Crippen LogP contribution in [-0.4, -0.2) is 19.2 Å². The van der Waals surface area contributed by atoms with Crippen LogP contribution in [0.25, 0.3) is 11.3 Å². The van der Waals surface area contributed by atoms with Crippen LogP contribution in [0, 0.1) is 11.3 Å². The molecule has 0 aliphatic carbocycles. The van der Waals surface area contributed by atoms with Gasteiger partial charge in [0.2, 0.25) is 10.0 Å². The smallest absolute Gasteiger partial charge is 0.335 e. The van der Waals surface area contributed by atoms with Crippen molar-refractivity contribution < 1.29 is 21.6 Å². The number of nitrogens with two attached hydrogens (primary N) is 1. The van der Waals surface area contributed by atoms with Crippen LogP contribution in [0.3, 0.4) is 0 Å². The molecule has 2 N–H and O–H groups in total. The first-order valence-electron chi connectivity index (χ1n) is 6.30. The molecule has 0 aliphatic rings. The van der Waals surface area contributed by atoms with E-state index in [-0.39, 0.29) is 0 Å². The molecule has 23 heavy (non-hydrogen) atoms. The highest BCUT2D eigenvalue weighted by Gasteiger charge is 2.48. The second-order valence-corrected chi connectivity index (χ2v) is 6.56. The minimum Gasteiger partial charge on any atom is -0.335 e. The van der Waals surface area contributed by atoms with E-state index in [1.165, 1.54) is 12.1 Å². The predicted molar refractivity (Wildman–Crippen MR) is 77.5 cm³/mol. The average molecular weight is 343 g/mol. The molecule has 0 saturated heterocycles. The van der Waals surface area contributed by atoms with Gasteiger partial charge in [0.15, 0.2) is 5.25 Å². The van der Waals surface area contributed by atoms with Crippen LogP contribution in [0.2, 0.25) is 0 Å². The summed E-state index contributed by atoms with van der Waals surface area (Å²) >= 11 is 0. The second-order valence-electron chi connectivity index (χ2n) is 4.91. The summed E-state index contributed by atoms with van der Waals surface area (Å²) in [5.74, 6) is 0. The molecular weight excluding hydrogens is 331 g/mol. The number of halogens is 3. The first-order chi connectivity index (χ1) is 10.6. The van der Waals surface area contributed by atoms with Crippen LogP contribution < -0.4 is 5.14 Å². The van der Waals surface area contributed by atoms with Gasteiger partial charge >= 0.3 is 6.18 Å². The molecule has 1 atom stereocenters. The topological polar surface area (TPSA) is 88.9 Å². The molecule has 1 unspecified atom stereocenters. The third-order valence-electron chi connectivity index (χ3n) is 3.37. The molecule has 0 radical (unpaired) electrons. The normalized spacial score (nSPS) is 13.6. The predicted octanol–water partition coefficient (Wildman–Crippen LogP) is 2.46. The minimum absolute atomic E-state index is 0.391. The molecule has 122 valence electrons. The van der Waals surface area contributed by atoms with E-state index >= 15 is 0 Å². The summed E-state index contributed by atoms with van der Waals surface area (Å²) in [6.07, 6.45) is -5.01. The fraction of sp³-hybridized carbons (Fsp3) is 0.214. The summed E-state index contributed by atoms with van der Waals surface area (Å²) in [6, 6.07) is 10.0. The molecule has 0 aliphatic heterocycles. The number of aromatic nitrogens is 1. The highest BCUT2D eigenvalue weighted by Crippen LogP contribution is 2.38. The van der Waals surface area contributed by atoms with Crippen LogP contribution in [0.5, 0.6) is 0 Å². The lowest BCUT2D eigenvalue weighted by Crippen LogP contribution is -2.33. The molecular formula is C14H12F3N3O2S. The van der Waals surface area contributed by atoms with E-state index < -0.39 is 27.0 Å². The van der Waals surface area contributed by atoms with Gasteiger partial charge in [0, 0.05) is 12.7 Å². The first-order valence-corrected chi connectivity index (χ1v) is 7.91. The minimum atomic E-state index is -5.01. The largest absolute Gasteiger partial charge is 0.410 e. The number of sulfonamides is 1. The molecule has 1 aromatic heterocycles. The van der Waals surface area contributed by atoms with Crippen molar-refractivity contribution in [3.8, 4) is 17.3 Å². The Hall–Kier alpha value is -2.31. The van der Waals surface area contributed by atoms with Crippen LogP contribution in [-0.2, 0) is 17.1 Å². The van der Waals surface area contributed by atoms with Crippen molar-refractivity contribution in [3.05, 3.63) is 47.7 Å². The Balaban J connectivity index is 2.47. The van der Waals surface area contributed by atoms with Crippen molar-refractivity contribution in [1.29, 1.82) is 5.26 Å². The molecule has 0 fully saturated rings. The van der Waals surface area contributed by atoms with Gasteiger partial charge in [0.05, 0.1) is 0 Å². The number of nitriles is 1. The van der Waals surface area contributed by atoms with Crippen LogP contribution in [0.1, 0.15) is 16.5 Å². The Kier molecular flexibility index (Phi) is 4.24. The quantitative estimate of drug-likeness (QED) is 0.928. The van der Waals surface area contributed by atoms with Gasteiger partial charge in [-0.3, -0.25) is 0 Å². The summed E-state index contributed by atoms with van der Waals surface area (Å²) in [5.41, 5.74) is 1.10. The lowest BCUT2D eigenvalue weighted by Gasteiger charge is -2.18. The third-order valence-corrected chi connectivity index (χ3v) is 4.57. The van der Waals surface area contributed by atoms with Gasteiger partial charge in [-0.15, -0.1) is 0 Å². The van der Waals surface area contributed by atoms with Crippen molar-refractivity contribution in [2.75, 3.05) is 0 Å². The molecule has 0 spiro atoms. The number of nitrogens with zero attached hydrogens (tertiary/aromatic N) is 2. The number of benzene rings is 1. The Bertz CT molecular complexity index is 862. The Labute approximate surface area is 130 Å². The Morgan fingerprint density at radius 1 is 1.17 bits per heavy atom. The van der Waals surface area contributed by atoms with Crippen molar-refractivity contribution in [1.82, 2.24) is 4.57 Å². The number of rotatable bonds is 3. The fourth-order valence-corrected chi connectivity index (χ4v) is 3.22. The zero-order valence-corrected chi connectivity index (χ0v) is 12.7. The molecule has 2 rings (SSSR count). The van der Waals surface area contributed by atoms with E-state index in [0.29, 0.717) is 17.0 Å². The van der Waals surface area contributed by atoms with Crippen LogP contribution >= 0.6 is 0 Å². The maximum absolute atomic E-state index is 12.9. The standard InChI is InChI=1S/C14H12F3N3O2S/c1-20-11(8-18)6-7-12(20)9-2-4-10(5-3-9)13(14(15,16)17)23(19,21)22/h2-7,13H,1H3,(H2,19,21,22). The summed E-state index contributed by atoms with van der Waals surface area (Å²) in [5, 5.41) is 10.8. The molecule has 0 bridgehead atoms. The van der Waals surface area contributed by atoms with Gasteiger partial charge in [-0.25, -0.2) is 13.6 Å². The molecule has 1 aromatic carbocycles. The summed E-state index contributed by atoms with van der Waals surface area (Å²) in [4.78, 5) is 0. The highest BCUT2D eigenvalue weighted by molar-refractivity contribution is 7.89. The number of primary sulfonamides is 1. The third kappa shape index (κ3) is 3.38. The van der Waals surface area contributed by atoms with Crippen molar-refractivity contribution in [2.45, 2.75) is 11.4 Å². The first kappa shape index (κ1) is 17.1. The van der Waals surface area contributed by atoms with E-state index in [9.17, 15) is 21.6 Å². The maximum Gasteiger partial charge on any atom is 0.410 e. The van der Waals surface area contributed by atoms with Gasteiger partial charge < -0.3 is 4.57 Å². The summed E-state index contributed by atoms with van der Waals surface area (Å²) in [7, 11) is -3.19. The maximum atomic E-state index is 12.9.